The summed E-state index contributed by atoms with van der Waals surface area (Å²) in [5, 5.41) is 6.25. The Morgan fingerprint density at radius 1 is 1.14 bits per heavy atom. The first-order valence-electron chi connectivity index (χ1n) is 8.35. The number of likely N-dealkylation sites (tertiary alicyclic amines) is 1. The predicted octanol–water partition coefficient (Wildman–Crippen LogP) is 1.14. The van der Waals surface area contributed by atoms with Gasteiger partial charge < -0.3 is 15.5 Å². The molecule has 0 aromatic rings. The summed E-state index contributed by atoms with van der Waals surface area (Å²) in [5.74, 6) is 1.13. The van der Waals surface area contributed by atoms with Crippen molar-refractivity contribution in [3.8, 4) is 0 Å². The van der Waals surface area contributed by atoms with Crippen molar-refractivity contribution in [3.63, 3.8) is 0 Å². The quantitative estimate of drug-likeness (QED) is 0.817. The Labute approximate surface area is 127 Å². The molecule has 2 fully saturated rings. The van der Waals surface area contributed by atoms with Gasteiger partial charge in [-0.05, 0) is 58.5 Å². The van der Waals surface area contributed by atoms with Gasteiger partial charge >= 0.3 is 0 Å². The Balaban J connectivity index is 1.72. The molecular weight excluding hydrogens is 266 g/mol. The summed E-state index contributed by atoms with van der Waals surface area (Å²) >= 11 is 0. The molecule has 5 nitrogen and oxygen atoms in total. The molecule has 0 aromatic heterocycles. The molecule has 0 aliphatic carbocycles. The van der Waals surface area contributed by atoms with Crippen molar-refractivity contribution in [3.05, 3.63) is 0 Å². The van der Waals surface area contributed by atoms with Gasteiger partial charge in [-0.15, -0.1) is 0 Å². The van der Waals surface area contributed by atoms with Gasteiger partial charge in [0.15, 0.2) is 0 Å². The van der Waals surface area contributed by atoms with Crippen LogP contribution in [0.5, 0.6) is 0 Å². The molecule has 21 heavy (non-hydrogen) atoms. The molecular formula is C16H29N3O2. The Kier molecular flexibility index (Phi) is 6.03. The van der Waals surface area contributed by atoms with Crippen molar-refractivity contribution in [2.45, 2.75) is 52.0 Å². The number of hydrogen-bond acceptors (Lipinski definition) is 3. The highest BCUT2D eigenvalue weighted by atomic mass is 16.2. The molecule has 0 spiro atoms. The Hall–Kier alpha value is -1.10. The Morgan fingerprint density at radius 2 is 1.76 bits per heavy atom. The fraction of sp³-hybridized carbons (Fsp3) is 0.875. The highest BCUT2D eigenvalue weighted by Gasteiger charge is 2.29. The number of amides is 2. The van der Waals surface area contributed by atoms with Gasteiger partial charge in [0.1, 0.15) is 0 Å². The summed E-state index contributed by atoms with van der Waals surface area (Å²) in [6.07, 6.45) is 4.46. The number of nitrogens with zero attached hydrogens (tertiary/aromatic N) is 1. The number of hydrogen-bond donors (Lipinski definition) is 2. The third-order valence-corrected chi connectivity index (χ3v) is 4.54. The molecule has 2 heterocycles. The SMILES string of the molecule is CC(C)NC(=O)CC1CCN(C(=O)C2CCNCC2)CC1. The van der Waals surface area contributed by atoms with E-state index >= 15 is 0 Å². The van der Waals surface area contributed by atoms with Gasteiger partial charge in [-0.2, -0.15) is 0 Å². The minimum atomic E-state index is 0.146. The zero-order chi connectivity index (χ0) is 15.2. The average molecular weight is 295 g/mol. The van der Waals surface area contributed by atoms with E-state index < -0.39 is 0 Å². The van der Waals surface area contributed by atoms with Gasteiger partial charge in [-0.3, -0.25) is 9.59 Å². The summed E-state index contributed by atoms with van der Waals surface area (Å²) in [6.45, 7) is 7.53. The summed E-state index contributed by atoms with van der Waals surface area (Å²) in [4.78, 5) is 26.3. The van der Waals surface area contributed by atoms with Crippen LogP contribution in [-0.4, -0.2) is 48.9 Å². The molecule has 0 saturated carbocycles. The summed E-state index contributed by atoms with van der Waals surface area (Å²) < 4.78 is 0. The van der Waals surface area contributed by atoms with E-state index in [1.807, 2.05) is 18.7 Å². The van der Waals surface area contributed by atoms with Crippen LogP contribution in [0, 0.1) is 11.8 Å². The standard InChI is InChI=1S/C16H29N3O2/c1-12(2)18-15(20)11-13-5-9-19(10-6-13)16(21)14-3-7-17-8-4-14/h12-14,17H,3-11H2,1-2H3,(H,18,20). The van der Waals surface area contributed by atoms with Crippen LogP contribution in [0.2, 0.25) is 0 Å². The lowest BCUT2D eigenvalue weighted by molar-refractivity contribution is -0.137. The predicted molar refractivity (Wildman–Crippen MR) is 82.8 cm³/mol. The van der Waals surface area contributed by atoms with E-state index in [9.17, 15) is 9.59 Å². The molecule has 2 N–H and O–H groups in total. The van der Waals surface area contributed by atoms with Crippen LogP contribution in [0.1, 0.15) is 46.0 Å². The average Bonchev–Trinajstić information content (AvgIpc) is 2.47. The lowest BCUT2D eigenvalue weighted by atomic mass is 9.90. The maximum Gasteiger partial charge on any atom is 0.225 e. The zero-order valence-corrected chi connectivity index (χ0v) is 13.4. The summed E-state index contributed by atoms with van der Waals surface area (Å²) in [7, 11) is 0. The number of nitrogens with one attached hydrogen (secondary N) is 2. The van der Waals surface area contributed by atoms with E-state index in [4.69, 9.17) is 0 Å². The lowest BCUT2D eigenvalue weighted by Gasteiger charge is -2.35. The number of piperidine rings is 2. The van der Waals surface area contributed by atoms with Gasteiger partial charge in [0.05, 0.1) is 0 Å². The molecule has 2 amide bonds. The van der Waals surface area contributed by atoms with Crippen LogP contribution < -0.4 is 10.6 Å². The van der Waals surface area contributed by atoms with Crippen LogP contribution in [-0.2, 0) is 9.59 Å². The largest absolute Gasteiger partial charge is 0.354 e. The van der Waals surface area contributed by atoms with Crippen molar-refractivity contribution in [1.29, 1.82) is 0 Å². The minimum Gasteiger partial charge on any atom is -0.354 e. The molecule has 0 aromatic carbocycles. The number of carbonyl (C=O) groups excluding carboxylic acids is 2. The molecule has 2 rings (SSSR count). The van der Waals surface area contributed by atoms with Gasteiger partial charge in [0, 0.05) is 31.5 Å². The molecule has 2 saturated heterocycles. The van der Waals surface area contributed by atoms with E-state index in [0.717, 1.165) is 51.9 Å². The second kappa shape index (κ2) is 7.78. The fourth-order valence-corrected chi connectivity index (χ4v) is 3.33. The van der Waals surface area contributed by atoms with Crippen LogP contribution >= 0.6 is 0 Å². The number of rotatable bonds is 4. The van der Waals surface area contributed by atoms with Gasteiger partial charge in [-0.25, -0.2) is 0 Å². The first-order valence-corrected chi connectivity index (χ1v) is 8.35. The highest BCUT2D eigenvalue weighted by molar-refractivity contribution is 5.79. The third-order valence-electron chi connectivity index (χ3n) is 4.54. The van der Waals surface area contributed by atoms with Crippen LogP contribution in [0.25, 0.3) is 0 Å². The Morgan fingerprint density at radius 3 is 2.33 bits per heavy atom. The normalized spacial score (nSPS) is 21.6. The molecule has 0 atom stereocenters. The van der Waals surface area contributed by atoms with Crippen molar-refractivity contribution in [2.75, 3.05) is 26.2 Å². The maximum absolute atomic E-state index is 12.4. The summed E-state index contributed by atoms with van der Waals surface area (Å²) in [5.41, 5.74) is 0. The third kappa shape index (κ3) is 4.99. The van der Waals surface area contributed by atoms with Gasteiger partial charge in [-0.1, -0.05) is 0 Å². The number of carbonyl (C=O) groups is 2. The molecule has 120 valence electrons. The summed E-state index contributed by atoms with van der Waals surface area (Å²) in [6, 6.07) is 0.207. The second-order valence-corrected chi connectivity index (χ2v) is 6.72. The fourth-order valence-electron chi connectivity index (χ4n) is 3.33. The van der Waals surface area contributed by atoms with Gasteiger partial charge in [0.25, 0.3) is 0 Å². The molecule has 5 heteroatoms. The van der Waals surface area contributed by atoms with Crippen molar-refractivity contribution in [2.24, 2.45) is 11.8 Å². The molecule has 2 aliphatic rings. The molecule has 2 aliphatic heterocycles. The van der Waals surface area contributed by atoms with Crippen molar-refractivity contribution in [1.82, 2.24) is 15.5 Å². The maximum atomic E-state index is 12.4. The topological polar surface area (TPSA) is 61.4 Å². The molecule has 0 unspecified atom stereocenters. The van der Waals surface area contributed by atoms with Crippen LogP contribution in [0.15, 0.2) is 0 Å². The highest BCUT2D eigenvalue weighted by Crippen LogP contribution is 2.23. The van der Waals surface area contributed by atoms with E-state index in [-0.39, 0.29) is 17.9 Å². The van der Waals surface area contributed by atoms with Crippen LogP contribution in [0.4, 0.5) is 0 Å². The molecule has 0 radical (unpaired) electrons. The van der Waals surface area contributed by atoms with E-state index in [0.29, 0.717) is 18.2 Å². The van der Waals surface area contributed by atoms with Crippen molar-refractivity contribution >= 4 is 11.8 Å². The zero-order valence-electron chi connectivity index (χ0n) is 13.4. The minimum absolute atomic E-state index is 0.146. The molecule has 0 bridgehead atoms. The van der Waals surface area contributed by atoms with E-state index in [2.05, 4.69) is 10.6 Å². The monoisotopic (exact) mass is 295 g/mol. The first kappa shape index (κ1) is 16.3. The lowest BCUT2D eigenvalue weighted by Crippen LogP contribution is -2.45. The van der Waals surface area contributed by atoms with Gasteiger partial charge in [0.2, 0.25) is 11.8 Å². The second-order valence-electron chi connectivity index (χ2n) is 6.72. The smallest absolute Gasteiger partial charge is 0.225 e. The first-order chi connectivity index (χ1) is 10.1. The van der Waals surface area contributed by atoms with Crippen LogP contribution in [0.3, 0.4) is 0 Å². The Bertz CT molecular complexity index is 357. The van der Waals surface area contributed by atoms with E-state index in [1.165, 1.54) is 0 Å². The van der Waals surface area contributed by atoms with E-state index in [1.54, 1.807) is 0 Å². The van der Waals surface area contributed by atoms with Crippen molar-refractivity contribution < 1.29 is 9.59 Å².